The highest BCUT2D eigenvalue weighted by Crippen LogP contribution is 2.19. The lowest BCUT2D eigenvalue weighted by atomic mass is 10.0. The number of aromatic nitrogens is 2. The second kappa shape index (κ2) is 10.2. The van der Waals surface area contributed by atoms with E-state index >= 15 is 0 Å². The van der Waals surface area contributed by atoms with Crippen molar-refractivity contribution >= 4 is 17.7 Å². The number of nitrogens with zero attached hydrogens (tertiary/aromatic N) is 2. The number of benzene rings is 1. The number of rotatable bonds is 9. The van der Waals surface area contributed by atoms with Gasteiger partial charge >= 0.3 is 5.97 Å². The van der Waals surface area contributed by atoms with Gasteiger partial charge in [0.15, 0.2) is 5.16 Å². The highest BCUT2D eigenvalue weighted by atomic mass is 32.2. The van der Waals surface area contributed by atoms with Gasteiger partial charge in [-0.1, -0.05) is 23.9 Å². The molecule has 0 aliphatic carbocycles. The summed E-state index contributed by atoms with van der Waals surface area (Å²) in [7, 11) is 3.36. The monoisotopic (exact) mass is 390 g/mol. The first-order chi connectivity index (χ1) is 13.0. The summed E-state index contributed by atoms with van der Waals surface area (Å²) >= 11 is 1.48. The number of hydrogen-bond donors (Lipinski definition) is 0. The standard InChI is InChI=1S/C20H26N2O4S/c1-5-26-18(23)10-7-11-27-20-21-14(2)17(19(24)22(20)3)13-15-8-6-9-16(12-15)25-4/h6,8-9,12H,5,7,10-11,13H2,1-4H3. The molecule has 2 aromatic rings. The van der Waals surface area contributed by atoms with E-state index in [0.717, 1.165) is 17.0 Å². The van der Waals surface area contributed by atoms with Crippen LogP contribution in [0.15, 0.2) is 34.2 Å². The largest absolute Gasteiger partial charge is 0.497 e. The Kier molecular flexibility index (Phi) is 7.91. The normalized spacial score (nSPS) is 10.7. The summed E-state index contributed by atoms with van der Waals surface area (Å²) in [6.07, 6.45) is 1.57. The predicted octanol–water partition coefficient (Wildman–Crippen LogP) is 3.12. The van der Waals surface area contributed by atoms with Crippen LogP contribution in [0.25, 0.3) is 0 Å². The minimum atomic E-state index is -0.190. The molecule has 2 rings (SSSR count). The zero-order chi connectivity index (χ0) is 19.8. The van der Waals surface area contributed by atoms with Crippen LogP contribution in [0.3, 0.4) is 0 Å². The van der Waals surface area contributed by atoms with Crippen LogP contribution in [0, 0.1) is 6.92 Å². The predicted molar refractivity (Wildman–Crippen MR) is 107 cm³/mol. The number of aryl methyl sites for hydroxylation is 1. The van der Waals surface area contributed by atoms with Crippen molar-refractivity contribution in [3.63, 3.8) is 0 Å². The van der Waals surface area contributed by atoms with Crippen LogP contribution in [0.5, 0.6) is 5.75 Å². The van der Waals surface area contributed by atoms with E-state index in [0.29, 0.717) is 42.3 Å². The van der Waals surface area contributed by atoms with E-state index < -0.39 is 0 Å². The van der Waals surface area contributed by atoms with Crippen molar-refractivity contribution in [3.8, 4) is 5.75 Å². The number of methoxy groups -OCH3 is 1. The summed E-state index contributed by atoms with van der Waals surface area (Å²) in [4.78, 5) is 28.8. The first-order valence-electron chi connectivity index (χ1n) is 8.94. The van der Waals surface area contributed by atoms with Gasteiger partial charge in [-0.05, 0) is 38.0 Å². The average Bonchev–Trinajstić information content (AvgIpc) is 2.66. The molecule has 0 amide bonds. The SMILES string of the molecule is CCOC(=O)CCCSc1nc(C)c(Cc2cccc(OC)c2)c(=O)n1C. The summed E-state index contributed by atoms with van der Waals surface area (Å²) in [6, 6.07) is 7.69. The van der Waals surface area contributed by atoms with Crippen molar-refractivity contribution < 1.29 is 14.3 Å². The van der Waals surface area contributed by atoms with Gasteiger partial charge in [0, 0.05) is 36.9 Å². The number of carbonyl (C=O) groups is 1. The molecule has 146 valence electrons. The van der Waals surface area contributed by atoms with E-state index in [1.165, 1.54) is 11.8 Å². The Morgan fingerprint density at radius 1 is 1.33 bits per heavy atom. The van der Waals surface area contributed by atoms with Crippen molar-refractivity contribution in [1.29, 1.82) is 0 Å². The summed E-state index contributed by atoms with van der Waals surface area (Å²) in [5.74, 6) is 1.28. The van der Waals surface area contributed by atoms with Crippen molar-refractivity contribution in [2.24, 2.45) is 7.05 Å². The molecule has 0 radical (unpaired) electrons. The zero-order valence-corrected chi connectivity index (χ0v) is 17.1. The first kappa shape index (κ1) is 21.0. The summed E-state index contributed by atoms with van der Waals surface area (Å²) in [5, 5.41) is 0.663. The minimum Gasteiger partial charge on any atom is -0.497 e. The van der Waals surface area contributed by atoms with Crippen molar-refractivity contribution in [2.75, 3.05) is 19.5 Å². The van der Waals surface area contributed by atoms with E-state index in [1.807, 2.05) is 31.2 Å². The van der Waals surface area contributed by atoms with Crippen LogP contribution in [0.1, 0.15) is 36.6 Å². The van der Waals surface area contributed by atoms with Gasteiger partial charge in [0.2, 0.25) is 0 Å². The van der Waals surface area contributed by atoms with E-state index in [2.05, 4.69) is 4.98 Å². The van der Waals surface area contributed by atoms with E-state index in [4.69, 9.17) is 9.47 Å². The van der Waals surface area contributed by atoms with Crippen LogP contribution >= 0.6 is 11.8 Å². The number of hydrogen-bond acceptors (Lipinski definition) is 6. The molecule has 0 aliphatic heterocycles. The Morgan fingerprint density at radius 3 is 2.81 bits per heavy atom. The van der Waals surface area contributed by atoms with Gasteiger partial charge in [0.05, 0.1) is 13.7 Å². The zero-order valence-electron chi connectivity index (χ0n) is 16.3. The molecule has 7 heteroatoms. The highest BCUT2D eigenvalue weighted by Gasteiger charge is 2.13. The Bertz CT molecular complexity index is 848. The van der Waals surface area contributed by atoms with E-state index in [9.17, 15) is 9.59 Å². The van der Waals surface area contributed by atoms with Crippen LogP contribution < -0.4 is 10.3 Å². The molecule has 1 aromatic heterocycles. The molecule has 1 aromatic carbocycles. The molecular weight excluding hydrogens is 364 g/mol. The molecule has 27 heavy (non-hydrogen) atoms. The molecule has 6 nitrogen and oxygen atoms in total. The second-order valence-electron chi connectivity index (χ2n) is 6.11. The molecule has 0 fully saturated rings. The molecule has 0 bridgehead atoms. The Hall–Kier alpha value is -2.28. The third kappa shape index (κ3) is 5.85. The fourth-order valence-corrected chi connectivity index (χ4v) is 3.61. The third-order valence-corrected chi connectivity index (χ3v) is 5.24. The molecule has 0 saturated carbocycles. The molecule has 0 spiro atoms. The molecular formula is C20H26N2O4S. The van der Waals surface area contributed by atoms with E-state index in [-0.39, 0.29) is 11.5 Å². The summed E-state index contributed by atoms with van der Waals surface area (Å²) in [6.45, 7) is 4.05. The lowest BCUT2D eigenvalue weighted by Crippen LogP contribution is -2.25. The molecule has 0 unspecified atom stereocenters. The summed E-state index contributed by atoms with van der Waals surface area (Å²) < 4.78 is 11.7. The van der Waals surface area contributed by atoms with Crippen LogP contribution in [0.2, 0.25) is 0 Å². The van der Waals surface area contributed by atoms with E-state index in [1.54, 1.807) is 25.6 Å². The Balaban J connectivity index is 2.08. The van der Waals surface area contributed by atoms with Gasteiger partial charge in [0.1, 0.15) is 5.75 Å². The number of carbonyl (C=O) groups excluding carboxylic acids is 1. The average molecular weight is 391 g/mol. The topological polar surface area (TPSA) is 70.4 Å². The summed E-state index contributed by atoms with van der Waals surface area (Å²) in [5.41, 5.74) is 2.37. The van der Waals surface area contributed by atoms with Gasteiger partial charge in [-0.3, -0.25) is 14.2 Å². The highest BCUT2D eigenvalue weighted by molar-refractivity contribution is 7.99. The van der Waals surface area contributed by atoms with Crippen LogP contribution in [-0.2, 0) is 23.0 Å². The van der Waals surface area contributed by atoms with Crippen LogP contribution in [0.4, 0.5) is 0 Å². The van der Waals surface area contributed by atoms with Gasteiger partial charge in [0.25, 0.3) is 5.56 Å². The fourth-order valence-electron chi connectivity index (χ4n) is 2.66. The maximum absolute atomic E-state index is 12.8. The second-order valence-corrected chi connectivity index (χ2v) is 7.17. The maximum atomic E-state index is 12.8. The molecule has 0 N–H and O–H groups in total. The molecule has 0 aliphatic rings. The Labute approximate surface area is 163 Å². The molecule has 1 heterocycles. The van der Waals surface area contributed by atoms with Crippen molar-refractivity contribution in [3.05, 3.63) is 51.4 Å². The van der Waals surface area contributed by atoms with Gasteiger partial charge in [-0.2, -0.15) is 0 Å². The van der Waals surface area contributed by atoms with Gasteiger partial charge in [-0.25, -0.2) is 4.98 Å². The number of ether oxygens (including phenoxy) is 2. The van der Waals surface area contributed by atoms with Crippen LogP contribution in [-0.4, -0.2) is 35.0 Å². The van der Waals surface area contributed by atoms with Gasteiger partial charge < -0.3 is 9.47 Å². The van der Waals surface area contributed by atoms with Crippen molar-refractivity contribution in [2.45, 2.75) is 38.3 Å². The van der Waals surface area contributed by atoms with Crippen molar-refractivity contribution in [1.82, 2.24) is 9.55 Å². The Morgan fingerprint density at radius 2 is 2.11 bits per heavy atom. The maximum Gasteiger partial charge on any atom is 0.305 e. The number of esters is 1. The third-order valence-electron chi connectivity index (χ3n) is 4.13. The smallest absolute Gasteiger partial charge is 0.305 e. The lowest BCUT2D eigenvalue weighted by molar-refractivity contribution is -0.143. The first-order valence-corrected chi connectivity index (χ1v) is 9.92. The molecule has 0 atom stereocenters. The fraction of sp³-hybridized carbons (Fsp3) is 0.450. The quantitative estimate of drug-likeness (QED) is 0.284. The minimum absolute atomic E-state index is 0.0433. The lowest BCUT2D eigenvalue weighted by Gasteiger charge is -2.12. The molecule has 0 saturated heterocycles. The van der Waals surface area contributed by atoms with Gasteiger partial charge in [-0.15, -0.1) is 0 Å². The number of thioether (sulfide) groups is 1.